The van der Waals surface area contributed by atoms with Crippen molar-refractivity contribution in [3.05, 3.63) is 65.7 Å². The topological polar surface area (TPSA) is 155 Å². The molecular formula is C33H49N5O6Si. The van der Waals surface area contributed by atoms with Crippen LogP contribution in [0.4, 0.5) is 10.5 Å². The Balaban J connectivity index is 2.02. The summed E-state index contributed by atoms with van der Waals surface area (Å²) in [7, 11) is -1.38. The second kappa shape index (κ2) is 18.6. The Bertz CT molecular complexity index is 1260. The van der Waals surface area contributed by atoms with Crippen LogP contribution in [0, 0.1) is 5.92 Å². The smallest absolute Gasteiger partial charge is 0.407 e. The highest BCUT2D eigenvalue weighted by Gasteiger charge is 2.28. The second-order valence-corrected chi connectivity index (χ2v) is 18.2. The van der Waals surface area contributed by atoms with Gasteiger partial charge in [-0.3, -0.25) is 19.2 Å². The highest BCUT2D eigenvalue weighted by molar-refractivity contribution is 6.76. The number of anilines is 1. The highest BCUT2D eigenvalue weighted by Crippen LogP contribution is 2.11. The van der Waals surface area contributed by atoms with Crippen LogP contribution < -0.4 is 26.6 Å². The first-order valence-corrected chi connectivity index (χ1v) is 19.2. The third-order valence-electron chi connectivity index (χ3n) is 6.82. The summed E-state index contributed by atoms with van der Waals surface area (Å²) in [5.41, 5.74) is 2.56. The number of alkyl carbamates (subject to hydrolysis) is 1. The SMILES string of the molecule is CCc1ccc(NC(=O)CNC(=O)[C@H](CC(C)C)NC(=O)[C@H](Cc2ccccc2)NC(=O)CNC(=O)OCC[Si](C)(C)C)cc1. The lowest BCUT2D eigenvalue weighted by Crippen LogP contribution is -2.56. The first-order valence-electron chi connectivity index (χ1n) is 15.5. The lowest BCUT2D eigenvalue weighted by Gasteiger charge is -2.24. The molecule has 0 fully saturated rings. The molecule has 0 aliphatic heterocycles. The van der Waals surface area contributed by atoms with Gasteiger partial charge in [0.2, 0.25) is 23.6 Å². The number of hydrogen-bond donors (Lipinski definition) is 5. The molecule has 11 nitrogen and oxygen atoms in total. The Morgan fingerprint density at radius 1 is 0.756 bits per heavy atom. The Labute approximate surface area is 267 Å². The van der Waals surface area contributed by atoms with Gasteiger partial charge in [-0.05, 0) is 48.1 Å². The van der Waals surface area contributed by atoms with Crippen molar-refractivity contribution in [1.82, 2.24) is 21.3 Å². The molecule has 2 aromatic carbocycles. The number of amides is 5. The number of ether oxygens (including phenoxy) is 1. The van der Waals surface area contributed by atoms with Gasteiger partial charge in [-0.1, -0.05) is 82.9 Å². The van der Waals surface area contributed by atoms with E-state index < -0.39 is 49.9 Å². The number of nitrogens with one attached hydrogen (secondary N) is 5. The summed E-state index contributed by atoms with van der Waals surface area (Å²) in [6.07, 6.45) is 0.652. The molecular weight excluding hydrogens is 590 g/mol. The van der Waals surface area contributed by atoms with Crippen LogP contribution in [0.15, 0.2) is 54.6 Å². The molecule has 246 valence electrons. The minimum Gasteiger partial charge on any atom is -0.450 e. The Morgan fingerprint density at radius 2 is 1.40 bits per heavy atom. The summed E-state index contributed by atoms with van der Waals surface area (Å²) in [5, 5.41) is 13.2. The van der Waals surface area contributed by atoms with E-state index in [2.05, 4.69) is 46.2 Å². The molecule has 0 spiro atoms. The highest BCUT2D eigenvalue weighted by atomic mass is 28.3. The third-order valence-corrected chi connectivity index (χ3v) is 8.53. The number of carbonyl (C=O) groups excluding carboxylic acids is 5. The molecule has 2 aromatic rings. The normalized spacial score (nSPS) is 12.4. The molecule has 0 unspecified atom stereocenters. The molecule has 0 radical (unpaired) electrons. The van der Waals surface area contributed by atoms with Gasteiger partial charge in [-0.25, -0.2) is 4.79 Å². The molecule has 0 aliphatic carbocycles. The maximum absolute atomic E-state index is 13.5. The van der Waals surface area contributed by atoms with Crippen LogP contribution in [0.2, 0.25) is 25.7 Å². The maximum Gasteiger partial charge on any atom is 0.407 e. The van der Waals surface area contributed by atoms with Crippen molar-refractivity contribution in [2.75, 3.05) is 25.0 Å². The molecule has 45 heavy (non-hydrogen) atoms. The van der Waals surface area contributed by atoms with Gasteiger partial charge in [0, 0.05) is 20.2 Å². The molecule has 2 atom stereocenters. The molecule has 0 heterocycles. The van der Waals surface area contributed by atoms with Gasteiger partial charge < -0.3 is 31.3 Å². The molecule has 0 aromatic heterocycles. The molecule has 2 rings (SSSR count). The van der Waals surface area contributed by atoms with Crippen LogP contribution in [0.3, 0.4) is 0 Å². The Kier molecular flexibility index (Phi) is 15.3. The summed E-state index contributed by atoms with van der Waals surface area (Å²) >= 11 is 0. The fraction of sp³-hybridized carbons (Fsp3) is 0.485. The fourth-order valence-electron chi connectivity index (χ4n) is 4.25. The van der Waals surface area contributed by atoms with Crippen molar-refractivity contribution in [1.29, 1.82) is 0 Å². The van der Waals surface area contributed by atoms with Crippen LogP contribution >= 0.6 is 0 Å². The van der Waals surface area contributed by atoms with Crippen LogP contribution in [-0.4, -0.2) is 69.6 Å². The zero-order chi connectivity index (χ0) is 33.4. The zero-order valence-electron chi connectivity index (χ0n) is 27.3. The van der Waals surface area contributed by atoms with Gasteiger partial charge in [0.05, 0.1) is 13.2 Å². The van der Waals surface area contributed by atoms with Gasteiger partial charge in [0.15, 0.2) is 0 Å². The molecule has 0 bridgehead atoms. The van der Waals surface area contributed by atoms with Crippen LogP contribution in [0.1, 0.15) is 38.3 Å². The average molecular weight is 640 g/mol. The van der Waals surface area contributed by atoms with Gasteiger partial charge in [0.1, 0.15) is 18.6 Å². The van der Waals surface area contributed by atoms with Crippen molar-refractivity contribution in [2.45, 2.75) is 77.8 Å². The van der Waals surface area contributed by atoms with Crippen molar-refractivity contribution in [3.63, 3.8) is 0 Å². The minimum absolute atomic E-state index is 0.0466. The second-order valence-electron chi connectivity index (χ2n) is 12.6. The van der Waals surface area contributed by atoms with E-state index in [4.69, 9.17) is 4.74 Å². The molecule has 5 amide bonds. The van der Waals surface area contributed by atoms with Gasteiger partial charge in [-0.15, -0.1) is 0 Å². The summed E-state index contributed by atoms with van der Waals surface area (Å²) < 4.78 is 5.17. The van der Waals surface area contributed by atoms with Crippen molar-refractivity contribution < 1.29 is 28.7 Å². The summed E-state index contributed by atoms with van der Waals surface area (Å²) in [4.78, 5) is 63.9. The quantitative estimate of drug-likeness (QED) is 0.167. The summed E-state index contributed by atoms with van der Waals surface area (Å²) in [6.45, 7) is 12.0. The molecule has 0 aliphatic rings. The summed E-state index contributed by atoms with van der Waals surface area (Å²) in [5.74, 6) is -2.01. The monoisotopic (exact) mass is 639 g/mol. The zero-order valence-corrected chi connectivity index (χ0v) is 28.3. The molecule has 5 N–H and O–H groups in total. The van der Waals surface area contributed by atoms with Crippen molar-refractivity contribution in [3.8, 4) is 0 Å². The van der Waals surface area contributed by atoms with E-state index in [1.165, 1.54) is 0 Å². The standard InChI is InChI=1S/C33H49N5O6Si/c1-7-24-13-15-26(16-14-24)36-29(39)21-34-31(41)27(19-23(2)3)38-32(42)28(20-25-11-9-8-10-12-25)37-30(40)22-35-33(43)44-17-18-45(4,5)6/h8-16,23,27-28H,7,17-22H2,1-6H3,(H,34,41)(H,35,43)(H,36,39)(H,37,40)(H,38,42)/t27-,28-/m0/s1. The Hall–Kier alpha value is -4.19. The predicted molar refractivity (Wildman–Crippen MR) is 178 cm³/mol. The lowest BCUT2D eigenvalue weighted by atomic mass is 10.0. The first kappa shape index (κ1) is 37.0. The predicted octanol–water partition coefficient (Wildman–Crippen LogP) is 3.63. The minimum atomic E-state index is -1.38. The van der Waals surface area contributed by atoms with Gasteiger partial charge in [0.25, 0.3) is 0 Å². The number of rotatable bonds is 17. The van der Waals surface area contributed by atoms with E-state index in [9.17, 15) is 24.0 Å². The third kappa shape index (κ3) is 15.4. The van der Waals surface area contributed by atoms with Crippen LogP contribution in [0.25, 0.3) is 0 Å². The van der Waals surface area contributed by atoms with Crippen LogP contribution in [0.5, 0.6) is 0 Å². The van der Waals surface area contributed by atoms with E-state index in [-0.39, 0.29) is 32.0 Å². The van der Waals surface area contributed by atoms with E-state index in [0.717, 1.165) is 23.6 Å². The van der Waals surface area contributed by atoms with E-state index in [1.807, 2.05) is 63.2 Å². The van der Waals surface area contributed by atoms with Crippen molar-refractivity contribution in [2.24, 2.45) is 5.92 Å². The molecule has 0 saturated heterocycles. The van der Waals surface area contributed by atoms with Gasteiger partial charge in [-0.2, -0.15) is 0 Å². The van der Waals surface area contributed by atoms with Gasteiger partial charge >= 0.3 is 6.09 Å². The number of benzene rings is 2. The largest absolute Gasteiger partial charge is 0.450 e. The first-order chi connectivity index (χ1) is 21.3. The van der Waals surface area contributed by atoms with E-state index >= 15 is 0 Å². The van der Waals surface area contributed by atoms with Crippen molar-refractivity contribution >= 4 is 43.5 Å². The maximum atomic E-state index is 13.5. The number of hydrogen-bond acceptors (Lipinski definition) is 6. The molecule has 12 heteroatoms. The fourth-order valence-corrected chi connectivity index (χ4v) is 4.97. The van der Waals surface area contributed by atoms with E-state index in [0.29, 0.717) is 12.1 Å². The molecule has 0 saturated carbocycles. The summed E-state index contributed by atoms with van der Waals surface area (Å²) in [6, 6.07) is 15.4. The van der Waals surface area contributed by atoms with Crippen LogP contribution in [-0.2, 0) is 36.8 Å². The Morgan fingerprint density at radius 3 is 2.00 bits per heavy atom. The lowest BCUT2D eigenvalue weighted by molar-refractivity contribution is -0.132. The number of carbonyl (C=O) groups is 5. The number of aryl methyl sites for hydroxylation is 1. The van der Waals surface area contributed by atoms with E-state index in [1.54, 1.807) is 12.1 Å². The average Bonchev–Trinajstić information content (AvgIpc) is 2.98.